The van der Waals surface area contributed by atoms with Gasteiger partial charge in [-0.1, -0.05) is 36.0 Å². The van der Waals surface area contributed by atoms with E-state index in [1.54, 1.807) is 0 Å². The molecule has 0 aromatic heterocycles. The van der Waals surface area contributed by atoms with E-state index in [-0.39, 0.29) is 0 Å². The minimum Gasteiger partial charge on any atom is -0.309 e. The molecule has 0 unspecified atom stereocenters. The smallest absolute Gasteiger partial charge is 0.0431 e. The van der Waals surface area contributed by atoms with E-state index in [4.69, 9.17) is 23.2 Å². The van der Waals surface area contributed by atoms with Gasteiger partial charge in [-0.3, -0.25) is 0 Å². The largest absolute Gasteiger partial charge is 0.309 e. The molecule has 1 saturated carbocycles. The maximum absolute atomic E-state index is 5.71. The lowest BCUT2D eigenvalue weighted by atomic mass is 10.2. The maximum Gasteiger partial charge on any atom is 0.0431 e. The van der Waals surface area contributed by atoms with Gasteiger partial charge in [0, 0.05) is 23.2 Å². The average Bonchev–Trinajstić information content (AvgIpc) is 2.52. The summed E-state index contributed by atoms with van der Waals surface area (Å²) in [4.78, 5) is 0. The van der Waals surface area contributed by atoms with Crippen LogP contribution in [0.4, 0.5) is 0 Å². The van der Waals surface area contributed by atoms with Gasteiger partial charge < -0.3 is 5.32 Å². The van der Waals surface area contributed by atoms with Crippen molar-refractivity contribution in [3.8, 4) is 0 Å². The molecule has 1 nitrogen and oxygen atoms in total. The Kier molecular flexibility index (Phi) is 4.28. The Morgan fingerprint density at radius 1 is 1.45 bits per heavy atom. The maximum atomic E-state index is 5.71. The topological polar surface area (TPSA) is 12.0 Å². The van der Waals surface area contributed by atoms with E-state index >= 15 is 0 Å². The molecule has 0 bridgehead atoms. The van der Waals surface area contributed by atoms with Crippen LogP contribution in [0.2, 0.25) is 0 Å². The van der Waals surface area contributed by atoms with Crippen LogP contribution in [0.15, 0.2) is 10.6 Å². The molecule has 0 radical (unpaired) electrons. The summed E-state index contributed by atoms with van der Waals surface area (Å²) in [5, 5.41) is 4.04. The van der Waals surface area contributed by atoms with Gasteiger partial charge in [-0.25, -0.2) is 0 Å². The third-order valence-electron chi connectivity index (χ3n) is 2.03. The number of hydrogen-bond donors (Lipinski definition) is 1. The Labute approximate surface area is 77.8 Å². The van der Waals surface area contributed by atoms with E-state index in [9.17, 15) is 0 Å². The Hall–Kier alpha value is 0.280. The Morgan fingerprint density at radius 3 is 2.64 bits per heavy atom. The molecule has 0 aliphatic heterocycles. The first-order valence-corrected chi connectivity index (χ1v) is 4.82. The summed E-state index contributed by atoms with van der Waals surface area (Å²) in [6.07, 6.45) is 5.26. The number of rotatable bonds is 3. The summed E-state index contributed by atoms with van der Waals surface area (Å²) in [6.45, 7) is 0.718. The van der Waals surface area contributed by atoms with E-state index in [1.165, 1.54) is 31.2 Å². The predicted octanol–water partition coefficient (Wildman–Crippen LogP) is 2.84. The molecule has 0 aromatic carbocycles. The molecule has 0 amide bonds. The highest BCUT2D eigenvalue weighted by Gasteiger charge is 2.13. The van der Waals surface area contributed by atoms with Crippen LogP contribution in [-0.4, -0.2) is 12.6 Å². The van der Waals surface area contributed by atoms with Gasteiger partial charge in [0.05, 0.1) is 0 Å². The van der Waals surface area contributed by atoms with Gasteiger partial charge in [0.25, 0.3) is 0 Å². The predicted molar refractivity (Wildman–Crippen MR) is 50.0 cm³/mol. The van der Waals surface area contributed by atoms with Crippen molar-refractivity contribution in [2.75, 3.05) is 6.54 Å². The zero-order valence-electron chi connectivity index (χ0n) is 6.45. The molecule has 1 aliphatic rings. The highest BCUT2D eigenvalue weighted by molar-refractivity contribution is 6.36. The first-order valence-electron chi connectivity index (χ1n) is 4.01. The molecule has 0 heterocycles. The number of nitrogens with one attached hydrogen (secondary N) is 1. The van der Waals surface area contributed by atoms with E-state index < -0.39 is 0 Å². The van der Waals surface area contributed by atoms with Gasteiger partial charge in [0.15, 0.2) is 0 Å². The van der Waals surface area contributed by atoms with Crippen molar-refractivity contribution in [1.29, 1.82) is 0 Å². The third-order valence-corrected chi connectivity index (χ3v) is 2.65. The lowest BCUT2D eigenvalue weighted by Crippen LogP contribution is -2.26. The molecular formula is C8H13Cl2N. The molecule has 0 aromatic rings. The Balaban J connectivity index is 2.11. The van der Waals surface area contributed by atoms with E-state index in [1.807, 2.05) is 0 Å². The fourth-order valence-corrected chi connectivity index (χ4v) is 1.56. The second-order valence-corrected chi connectivity index (χ2v) is 3.62. The summed E-state index contributed by atoms with van der Waals surface area (Å²) in [5.74, 6) is 0. The fourth-order valence-electron chi connectivity index (χ4n) is 1.41. The highest BCUT2D eigenvalue weighted by Crippen LogP contribution is 2.17. The molecule has 1 rings (SSSR count). The van der Waals surface area contributed by atoms with Crippen molar-refractivity contribution in [2.24, 2.45) is 0 Å². The Morgan fingerprint density at radius 2 is 2.09 bits per heavy atom. The first-order chi connectivity index (χ1) is 5.33. The summed E-state index contributed by atoms with van der Waals surface area (Å²) in [7, 11) is 0. The van der Waals surface area contributed by atoms with Crippen LogP contribution in [0.25, 0.3) is 0 Å². The molecular weight excluding hydrogens is 181 g/mol. The molecule has 1 fully saturated rings. The van der Waals surface area contributed by atoms with Gasteiger partial charge in [-0.15, -0.1) is 0 Å². The minimum atomic E-state index is 0.667. The average molecular weight is 194 g/mol. The molecule has 0 atom stereocenters. The van der Waals surface area contributed by atoms with Crippen LogP contribution in [0, 0.1) is 0 Å². The van der Waals surface area contributed by atoms with Crippen molar-refractivity contribution >= 4 is 23.2 Å². The van der Waals surface area contributed by atoms with Crippen LogP contribution >= 0.6 is 23.2 Å². The molecule has 0 spiro atoms. The molecule has 11 heavy (non-hydrogen) atoms. The van der Waals surface area contributed by atoms with Crippen LogP contribution < -0.4 is 5.32 Å². The second kappa shape index (κ2) is 5.02. The molecule has 1 aliphatic carbocycles. The van der Waals surface area contributed by atoms with Gasteiger partial charge >= 0.3 is 0 Å². The molecule has 64 valence electrons. The van der Waals surface area contributed by atoms with Crippen LogP contribution in [0.5, 0.6) is 0 Å². The quantitative estimate of drug-likeness (QED) is 0.728. The molecule has 3 heteroatoms. The lowest BCUT2D eigenvalue weighted by Gasteiger charge is -2.09. The lowest BCUT2D eigenvalue weighted by molar-refractivity contribution is 0.554. The highest BCUT2D eigenvalue weighted by atomic mass is 35.5. The third kappa shape index (κ3) is 3.46. The number of hydrogen-bond acceptors (Lipinski definition) is 1. The van der Waals surface area contributed by atoms with E-state index in [2.05, 4.69) is 5.32 Å². The van der Waals surface area contributed by atoms with Crippen molar-refractivity contribution in [2.45, 2.75) is 31.7 Å². The van der Waals surface area contributed by atoms with Crippen LogP contribution in [0.3, 0.4) is 0 Å². The van der Waals surface area contributed by atoms with Crippen molar-refractivity contribution in [3.63, 3.8) is 0 Å². The van der Waals surface area contributed by atoms with Gasteiger partial charge in [-0.05, 0) is 12.8 Å². The van der Waals surface area contributed by atoms with Crippen molar-refractivity contribution < 1.29 is 0 Å². The summed E-state index contributed by atoms with van der Waals surface area (Å²) in [5.41, 5.74) is 1.42. The summed E-state index contributed by atoms with van der Waals surface area (Å²) < 4.78 is 0. The van der Waals surface area contributed by atoms with Gasteiger partial charge in [0.1, 0.15) is 0 Å². The summed E-state index contributed by atoms with van der Waals surface area (Å²) >= 11 is 11.1. The standard InChI is InChI=1S/C8H13Cl2N/c9-5-7(10)6-11-8-3-1-2-4-8/h5,8,11H,1-4,6H2/b7-5+. The normalized spacial score (nSPS) is 21.1. The SMILES string of the molecule is Cl/C=C(/Cl)CNC1CCCC1. The summed E-state index contributed by atoms with van der Waals surface area (Å²) in [6, 6.07) is 0.667. The molecule has 1 N–H and O–H groups in total. The van der Waals surface area contributed by atoms with E-state index in [0.29, 0.717) is 11.1 Å². The van der Waals surface area contributed by atoms with Gasteiger partial charge in [-0.2, -0.15) is 0 Å². The zero-order valence-corrected chi connectivity index (χ0v) is 7.96. The zero-order chi connectivity index (χ0) is 8.10. The first kappa shape index (κ1) is 9.37. The Bertz CT molecular complexity index is 139. The van der Waals surface area contributed by atoms with Crippen LogP contribution in [0.1, 0.15) is 25.7 Å². The van der Waals surface area contributed by atoms with Crippen molar-refractivity contribution in [3.05, 3.63) is 10.6 Å². The monoisotopic (exact) mass is 193 g/mol. The van der Waals surface area contributed by atoms with E-state index in [0.717, 1.165) is 6.54 Å². The van der Waals surface area contributed by atoms with Crippen LogP contribution in [-0.2, 0) is 0 Å². The van der Waals surface area contributed by atoms with Gasteiger partial charge in [0.2, 0.25) is 0 Å². The minimum absolute atomic E-state index is 0.667. The fraction of sp³-hybridized carbons (Fsp3) is 0.750. The second-order valence-electron chi connectivity index (χ2n) is 2.92. The number of halogens is 2. The van der Waals surface area contributed by atoms with Crippen molar-refractivity contribution in [1.82, 2.24) is 5.32 Å². The molecule has 0 saturated heterocycles.